The third-order valence-corrected chi connectivity index (χ3v) is 4.66. The summed E-state index contributed by atoms with van der Waals surface area (Å²) in [5.41, 5.74) is 1.18. The number of imidazole rings is 1. The zero-order chi connectivity index (χ0) is 11.7. The molecule has 2 aromatic heterocycles. The van der Waals surface area contributed by atoms with Crippen LogP contribution in [0.25, 0.3) is 4.96 Å². The second-order valence-corrected chi connectivity index (χ2v) is 5.88. The third-order valence-electron chi connectivity index (χ3n) is 3.45. The van der Waals surface area contributed by atoms with Crippen molar-refractivity contribution in [1.82, 2.24) is 14.3 Å². The summed E-state index contributed by atoms with van der Waals surface area (Å²) < 4.78 is 2.10. The Kier molecular flexibility index (Phi) is 3.36. The summed E-state index contributed by atoms with van der Waals surface area (Å²) in [6.45, 7) is 3.29. The first kappa shape index (κ1) is 11.5. The van der Waals surface area contributed by atoms with Gasteiger partial charge in [-0.15, -0.1) is 22.9 Å². The van der Waals surface area contributed by atoms with Crippen LogP contribution in [0.2, 0.25) is 0 Å². The highest BCUT2D eigenvalue weighted by Crippen LogP contribution is 2.20. The number of hydrogen-bond acceptors (Lipinski definition) is 3. The largest absolute Gasteiger partial charge is 0.297 e. The van der Waals surface area contributed by atoms with Crippen molar-refractivity contribution in [1.29, 1.82) is 0 Å². The van der Waals surface area contributed by atoms with E-state index in [2.05, 4.69) is 32.1 Å². The van der Waals surface area contributed by atoms with E-state index in [4.69, 9.17) is 11.6 Å². The number of hydrogen-bond donors (Lipinski definition) is 0. The van der Waals surface area contributed by atoms with E-state index in [1.807, 2.05) is 0 Å². The summed E-state index contributed by atoms with van der Waals surface area (Å²) in [5, 5.41) is 2.07. The zero-order valence-electron chi connectivity index (χ0n) is 9.68. The topological polar surface area (TPSA) is 20.5 Å². The number of thiazole rings is 1. The number of likely N-dealkylation sites (tertiary alicyclic amines) is 1. The van der Waals surface area contributed by atoms with Crippen LogP contribution in [0.3, 0.4) is 0 Å². The number of alkyl halides is 1. The lowest BCUT2D eigenvalue weighted by Crippen LogP contribution is -2.33. The molecule has 0 unspecified atom stereocenters. The Morgan fingerprint density at radius 3 is 2.94 bits per heavy atom. The number of fused-ring (bicyclic) bond motifs is 1. The fourth-order valence-corrected chi connectivity index (χ4v) is 3.41. The van der Waals surface area contributed by atoms with Gasteiger partial charge in [0.25, 0.3) is 0 Å². The molecule has 0 amide bonds. The van der Waals surface area contributed by atoms with Crippen molar-refractivity contribution in [2.24, 2.45) is 5.92 Å². The molecular weight excluding hydrogens is 254 g/mol. The summed E-state index contributed by atoms with van der Waals surface area (Å²) in [7, 11) is 0. The SMILES string of the molecule is ClCC1CCN(Cc2cn3ccsc3n2)CC1. The Morgan fingerprint density at radius 2 is 2.24 bits per heavy atom. The van der Waals surface area contributed by atoms with Gasteiger partial charge in [0.2, 0.25) is 0 Å². The average Bonchev–Trinajstić information content (AvgIpc) is 2.90. The average molecular weight is 270 g/mol. The summed E-state index contributed by atoms with van der Waals surface area (Å²) in [6, 6.07) is 0. The number of halogens is 1. The Balaban J connectivity index is 1.62. The lowest BCUT2D eigenvalue weighted by molar-refractivity contribution is 0.185. The maximum absolute atomic E-state index is 5.89. The minimum atomic E-state index is 0.721. The highest BCUT2D eigenvalue weighted by molar-refractivity contribution is 7.15. The molecule has 2 aromatic rings. The van der Waals surface area contributed by atoms with Crippen LogP contribution in [0, 0.1) is 5.92 Å². The summed E-state index contributed by atoms with van der Waals surface area (Å²) in [6.07, 6.45) is 6.66. The first-order valence-corrected chi connectivity index (χ1v) is 7.46. The molecule has 92 valence electrons. The molecule has 1 aliphatic heterocycles. The van der Waals surface area contributed by atoms with Crippen LogP contribution in [-0.2, 0) is 6.54 Å². The monoisotopic (exact) mass is 269 g/mol. The van der Waals surface area contributed by atoms with E-state index < -0.39 is 0 Å². The lowest BCUT2D eigenvalue weighted by atomic mass is 9.99. The summed E-state index contributed by atoms with van der Waals surface area (Å²) >= 11 is 7.58. The van der Waals surface area contributed by atoms with Crippen LogP contribution in [0.5, 0.6) is 0 Å². The predicted molar refractivity (Wildman–Crippen MR) is 71.8 cm³/mol. The molecule has 3 heterocycles. The van der Waals surface area contributed by atoms with Crippen LogP contribution < -0.4 is 0 Å². The highest BCUT2D eigenvalue weighted by atomic mass is 35.5. The Hall–Kier alpha value is -0.580. The second-order valence-electron chi connectivity index (χ2n) is 4.70. The molecule has 0 N–H and O–H groups in total. The third kappa shape index (κ3) is 2.49. The van der Waals surface area contributed by atoms with E-state index >= 15 is 0 Å². The van der Waals surface area contributed by atoms with E-state index in [1.165, 1.54) is 18.5 Å². The Bertz CT molecular complexity index is 456. The van der Waals surface area contributed by atoms with Gasteiger partial charge in [0.1, 0.15) is 0 Å². The molecule has 3 nitrogen and oxygen atoms in total. The van der Waals surface area contributed by atoms with E-state index in [9.17, 15) is 0 Å². The van der Waals surface area contributed by atoms with Gasteiger partial charge in [-0.1, -0.05) is 0 Å². The van der Waals surface area contributed by atoms with Gasteiger partial charge in [-0.05, 0) is 31.8 Å². The number of nitrogens with zero attached hydrogens (tertiary/aromatic N) is 3. The minimum Gasteiger partial charge on any atom is -0.297 e. The first-order chi connectivity index (χ1) is 8.35. The van der Waals surface area contributed by atoms with Crippen molar-refractivity contribution >= 4 is 27.9 Å². The molecule has 0 saturated carbocycles. The standard InChI is InChI=1S/C12H16ClN3S/c13-7-10-1-3-15(4-2-10)8-11-9-16-5-6-17-12(16)14-11/h5-6,9-10H,1-4,7-8H2. The van der Waals surface area contributed by atoms with Crippen molar-refractivity contribution in [3.8, 4) is 0 Å². The molecule has 1 saturated heterocycles. The molecule has 1 aliphatic rings. The summed E-state index contributed by atoms with van der Waals surface area (Å²) in [4.78, 5) is 8.19. The Labute approximate surface area is 110 Å². The summed E-state index contributed by atoms with van der Waals surface area (Å²) in [5.74, 6) is 1.53. The maximum atomic E-state index is 5.89. The smallest absolute Gasteiger partial charge is 0.193 e. The van der Waals surface area contributed by atoms with Gasteiger partial charge >= 0.3 is 0 Å². The lowest BCUT2D eigenvalue weighted by Gasteiger charge is -2.30. The molecule has 0 atom stereocenters. The molecule has 1 fully saturated rings. The van der Waals surface area contributed by atoms with Gasteiger partial charge in [-0.2, -0.15) is 0 Å². The fourth-order valence-electron chi connectivity index (χ4n) is 2.38. The molecular formula is C12H16ClN3S. The second kappa shape index (κ2) is 4.96. The van der Waals surface area contributed by atoms with Crippen molar-refractivity contribution in [2.75, 3.05) is 19.0 Å². The van der Waals surface area contributed by atoms with Crippen molar-refractivity contribution in [3.05, 3.63) is 23.5 Å². The number of rotatable bonds is 3. The molecule has 17 heavy (non-hydrogen) atoms. The first-order valence-electron chi connectivity index (χ1n) is 6.04. The van der Waals surface area contributed by atoms with Gasteiger partial charge in [0, 0.05) is 30.2 Å². The molecule has 0 bridgehead atoms. The van der Waals surface area contributed by atoms with E-state index in [1.54, 1.807) is 11.3 Å². The van der Waals surface area contributed by atoms with Crippen LogP contribution in [0.1, 0.15) is 18.5 Å². The van der Waals surface area contributed by atoms with Crippen molar-refractivity contribution < 1.29 is 0 Å². The van der Waals surface area contributed by atoms with Gasteiger partial charge < -0.3 is 0 Å². The normalized spacial score (nSPS) is 19.1. The van der Waals surface area contributed by atoms with Crippen molar-refractivity contribution in [2.45, 2.75) is 19.4 Å². The highest BCUT2D eigenvalue weighted by Gasteiger charge is 2.19. The molecule has 5 heteroatoms. The fraction of sp³-hybridized carbons (Fsp3) is 0.583. The quantitative estimate of drug-likeness (QED) is 0.799. The molecule has 3 rings (SSSR count). The minimum absolute atomic E-state index is 0.721. The molecule has 0 radical (unpaired) electrons. The van der Waals surface area contributed by atoms with E-state index in [-0.39, 0.29) is 0 Å². The molecule has 0 aliphatic carbocycles. The van der Waals surface area contributed by atoms with E-state index in [0.29, 0.717) is 0 Å². The number of aromatic nitrogens is 2. The predicted octanol–water partition coefficient (Wildman–Crippen LogP) is 2.85. The van der Waals surface area contributed by atoms with Gasteiger partial charge in [-0.3, -0.25) is 9.30 Å². The van der Waals surface area contributed by atoms with Gasteiger partial charge in [0.15, 0.2) is 4.96 Å². The van der Waals surface area contributed by atoms with Gasteiger partial charge in [0.05, 0.1) is 5.69 Å². The number of piperidine rings is 1. The Morgan fingerprint density at radius 1 is 1.41 bits per heavy atom. The van der Waals surface area contributed by atoms with E-state index in [0.717, 1.165) is 36.4 Å². The maximum Gasteiger partial charge on any atom is 0.193 e. The van der Waals surface area contributed by atoms with Gasteiger partial charge in [-0.25, -0.2) is 4.98 Å². The van der Waals surface area contributed by atoms with Crippen LogP contribution in [0.15, 0.2) is 17.8 Å². The van der Waals surface area contributed by atoms with Crippen LogP contribution >= 0.6 is 22.9 Å². The van der Waals surface area contributed by atoms with Crippen molar-refractivity contribution in [3.63, 3.8) is 0 Å². The molecule has 0 aromatic carbocycles. The van der Waals surface area contributed by atoms with Crippen LogP contribution in [-0.4, -0.2) is 33.3 Å². The molecule has 0 spiro atoms. The zero-order valence-corrected chi connectivity index (χ0v) is 11.3. The van der Waals surface area contributed by atoms with Crippen LogP contribution in [0.4, 0.5) is 0 Å².